The lowest BCUT2D eigenvalue weighted by atomic mass is 10.1. The second kappa shape index (κ2) is 7.67. The van der Waals surface area contributed by atoms with E-state index in [9.17, 15) is 4.79 Å². The quantitative estimate of drug-likeness (QED) is 0.382. The number of carbonyl (C=O) groups excluding carboxylic acids is 1. The molecule has 8 heteroatoms. The zero-order valence-electron chi connectivity index (χ0n) is 14.2. The van der Waals surface area contributed by atoms with E-state index in [1.807, 2.05) is 36.6 Å². The standard InChI is InChI=1S/C18H17N3O3S2/c1-10-13(7-15(26-10)17(19)20)18-21-14(9-25-18)11-4-3-5-12(6-11)24-8-16(22)23-2/h3-7,9H,8H2,1-2H3,(H3,19,20). The Morgan fingerprint density at radius 3 is 2.85 bits per heavy atom. The molecule has 0 bridgehead atoms. The second-order valence-electron chi connectivity index (χ2n) is 5.42. The molecule has 0 fully saturated rings. The Bertz CT molecular complexity index is 962. The van der Waals surface area contributed by atoms with Gasteiger partial charge in [-0.1, -0.05) is 12.1 Å². The highest BCUT2D eigenvalue weighted by molar-refractivity contribution is 7.16. The number of hydrogen-bond acceptors (Lipinski definition) is 7. The molecule has 0 aliphatic heterocycles. The fourth-order valence-electron chi connectivity index (χ4n) is 2.30. The fourth-order valence-corrected chi connectivity index (χ4v) is 4.15. The van der Waals surface area contributed by atoms with Crippen molar-refractivity contribution in [2.24, 2.45) is 5.73 Å². The van der Waals surface area contributed by atoms with Gasteiger partial charge in [0.25, 0.3) is 0 Å². The van der Waals surface area contributed by atoms with Crippen LogP contribution in [0, 0.1) is 12.3 Å². The maximum absolute atomic E-state index is 11.2. The van der Waals surface area contributed by atoms with Gasteiger partial charge in [-0.25, -0.2) is 9.78 Å². The first-order valence-electron chi connectivity index (χ1n) is 7.68. The number of nitrogens with one attached hydrogen (secondary N) is 1. The number of amidine groups is 1. The van der Waals surface area contributed by atoms with Gasteiger partial charge >= 0.3 is 5.97 Å². The highest BCUT2D eigenvalue weighted by atomic mass is 32.1. The Kier molecular flexibility index (Phi) is 5.34. The number of nitrogens with two attached hydrogens (primary N) is 1. The van der Waals surface area contributed by atoms with E-state index >= 15 is 0 Å². The van der Waals surface area contributed by atoms with Crippen LogP contribution in [-0.4, -0.2) is 30.5 Å². The number of ether oxygens (including phenoxy) is 2. The maximum Gasteiger partial charge on any atom is 0.343 e. The number of aryl methyl sites for hydroxylation is 1. The number of carbonyl (C=O) groups is 1. The molecular weight excluding hydrogens is 370 g/mol. The molecule has 6 nitrogen and oxygen atoms in total. The van der Waals surface area contributed by atoms with Crippen molar-refractivity contribution in [1.29, 1.82) is 5.41 Å². The normalized spacial score (nSPS) is 10.5. The first-order chi connectivity index (χ1) is 12.5. The highest BCUT2D eigenvalue weighted by Crippen LogP contribution is 2.35. The van der Waals surface area contributed by atoms with Crippen LogP contribution in [0.25, 0.3) is 21.8 Å². The van der Waals surface area contributed by atoms with Crippen LogP contribution in [0.4, 0.5) is 0 Å². The van der Waals surface area contributed by atoms with Crippen LogP contribution in [0.1, 0.15) is 9.75 Å². The summed E-state index contributed by atoms with van der Waals surface area (Å²) in [6, 6.07) is 9.31. The number of aromatic nitrogens is 1. The van der Waals surface area contributed by atoms with Crippen molar-refractivity contribution in [3.63, 3.8) is 0 Å². The Balaban J connectivity index is 1.84. The van der Waals surface area contributed by atoms with E-state index in [2.05, 4.69) is 4.74 Å². The van der Waals surface area contributed by atoms with Crippen LogP contribution in [-0.2, 0) is 9.53 Å². The third kappa shape index (κ3) is 3.92. The molecule has 2 aromatic heterocycles. The SMILES string of the molecule is COC(=O)COc1cccc(-c2csc(-c3cc(C(=N)N)sc3C)n2)c1. The number of thiazole rings is 1. The van der Waals surface area contributed by atoms with Crippen molar-refractivity contribution in [2.75, 3.05) is 13.7 Å². The van der Waals surface area contributed by atoms with E-state index in [0.29, 0.717) is 5.75 Å². The number of esters is 1. The van der Waals surface area contributed by atoms with Gasteiger partial charge in [-0.15, -0.1) is 22.7 Å². The third-order valence-electron chi connectivity index (χ3n) is 3.63. The smallest absolute Gasteiger partial charge is 0.343 e. The molecule has 1 aromatic carbocycles. The zero-order valence-corrected chi connectivity index (χ0v) is 15.9. The monoisotopic (exact) mass is 387 g/mol. The lowest BCUT2D eigenvalue weighted by Gasteiger charge is -2.05. The summed E-state index contributed by atoms with van der Waals surface area (Å²) >= 11 is 3.02. The summed E-state index contributed by atoms with van der Waals surface area (Å²) in [7, 11) is 1.32. The summed E-state index contributed by atoms with van der Waals surface area (Å²) < 4.78 is 10.00. The molecule has 0 aliphatic rings. The molecule has 3 rings (SSSR count). The number of methoxy groups -OCH3 is 1. The number of nitrogen functional groups attached to an aromatic ring is 1. The first-order valence-corrected chi connectivity index (χ1v) is 9.38. The van der Waals surface area contributed by atoms with Crippen molar-refractivity contribution in [2.45, 2.75) is 6.92 Å². The predicted molar refractivity (Wildman–Crippen MR) is 104 cm³/mol. The Morgan fingerprint density at radius 2 is 2.15 bits per heavy atom. The first kappa shape index (κ1) is 18.1. The molecule has 0 saturated heterocycles. The van der Waals surface area contributed by atoms with Crippen molar-refractivity contribution in [3.05, 3.63) is 45.5 Å². The molecule has 2 heterocycles. The van der Waals surface area contributed by atoms with E-state index in [-0.39, 0.29) is 12.4 Å². The minimum atomic E-state index is -0.430. The molecule has 0 aliphatic carbocycles. The molecule has 3 N–H and O–H groups in total. The Labute approximate surface area is 158 Å². The lowest BCUT2D eigenvalue weighted by Crippen LogP contribution is -2.12. The average molecular weight is 387 g/mol. The van der Waals surface area contributed by atoms with E-state index in [1.54, 1.807) is 6.07 Å². The third-order valence-corrected chi connectivity index (χ3v) is 5.59. The fraction of sp³-hybridized carbons (Fsp3) is 0.167. The summed E-state index contributed by atoms with van der Waals surface area (Å²) in [6.07, 6.45) is 0. The van der Waals surface area contributed by atoms with Gasteiger partial charge in [0.05, 0.1) is 17.7 Å². The summed E-state index contributed by atoms with van der Waals surface area (Å²) in [5.41, 5.74) is 8.29. The van der Waals surface area contributed by atoms with Crippen molar-refractivity contribution < 1.29 is 14.3 Å². The molecule has 0 spiro atoms. The number of hydrogen-bond donors (Lipinski definition) is 2. The van der Waals surface area contributed by atoms with Crippen LogP contribution in [0.15, 0.2) is 35.7 Å². The molecular formula is C18H17N3O3S2. The summed E-state index contributed by atoms with van der Waals surface area (Å²) in [6.45, 7) is 1.86. The molecule has 0 unspecified atom stereocenters. The van der Waals surface area contributed by atoms with Crippen LogP contribution < -0.4 is 10.5 Å². The van der Waals surface area contributed by atoms with Gasteiger partial charge < -0.3 is 15.2 Å². The Morgan fingerprint density at radius 1 is 1.35 bits per heavy atom. The van der Waals surface area contributed by atoms with Crippen LogP contribution >= 0.6 is 22.7 Å². The molecule has 3 aromatic rings. The summed E-state index contributed by atoms with van der Waals surface area (Å²) in [5, 5.41) is 10.4. The molecule has 0 amide bonds. The summed E-state index contributed by atoms with van der Waals surface area (Å²) in [5.74, 6) is 0.213. The molecule has 0 saturated carbocycles. The number of thiophene rings is 1. The van der Waals surface area contributed by atoms with Gasteiger partial charge in [0.2, 0.25) is 0 Å². The highest BCUT2D eigenvalue weighted by Gasteiger charge is 2.14. The predicted octanol–water partition coefficient (Wildman–Crippen LogP) is 3.68. The van der Waals surface area contributed by atoms with Gasteiger partial charge in [0, 0.05) is 21.4 Å². The topological polar surface area (TPSA) is 98.3 Å². The van der Waals surface area contributed by atoms with Gasteiger partial charge in [0.15, 0.2) is 6.61 Å². The van der Waals surface area contributed by atoms with Gasteiger partial charge in [0.1, 0.15) is 16.6 Å². The van der Waals surface area contributed by atoms with E-state index in [0.717, 1.165) is 31.6 Å². The zero-order chi connectivity index (χ0) is 18.7. The molecule has 0 radical (unpaired) electrons. The Hall–Kier alpha value is -2.71. The van der Waals surface area contributed by atoms with Crippen LogP contribution in [0.5, 0.6) is 5.75 Å². The molecule has 0 atom stereocenters. The van der Waals surface area contributed by atoms with E-state index < -0.39 is 5.97 Å². The van der Waals surface area contributed by atoms with E-state index in [4.69, 9.17) is 20.9 Å². The lowest BCUT2D eigenvalue weighted by molar-refractivity contribution is -0.142. The van der Waals surface area contributed by atoms with Crippen LogP contribution in [0.3, 0.4) is 0 Å². The molecule has 26 heavy (non-hydrogen) atoms. The number of rotatable bonds is 6. The summed E-state index contributed by atoms with van der Waals surface area (Å²) in [4.78, 5) is 17.7. The van der Waals surface area contributed by atoms with Gasteiger partial charge in [-0.2, -0.15) is 0 Å². The number of benzene rings is 1. The van der Waals surface area contributed by atoms with Gasteiger partial charge in [-0.3, -0.25) is 5.41 Å². The minimum Gasteiger partial charge on any atom is -0.482 e. The minimum absolute atomic E-state index is 0.0663. The second-order valence-corrected chi connectivity index (χ2v) is 7.54. The molecule has 134 valence electrons. The number of nitrogens with zero attached hydrogens (tertiary/aromatic N) is 1. The van der Waals surface area contributed by atoms with Crippen molar-refractivity contribution in [1.82, 2.24) is 4.98 Å². The van der Waals surface area contributed by atoms with Crippen molar-refractivity contribution in [3.8, 4) is 27.6 Å². The average Bonchev–Trinajstić information content (AvgIpc) is 3.26. The van der Waals surface area contributed by atoms with E-state index in [1.165, 1.54) is 29.8 Å². The largest absolute Gasteiger partial charge is 0.482 e. The van der Waals surface area contributed by atoms with Crippen LogP contribution in [0.2, 0.25) is 0 Å². The van der Waals surface area contributed by atoms with Gasteiger partial charge in [-0.05, 0) is 25.1 Å². The maximum atomic E-state index is 11.2. The van der Waals surface area contributed by atoms with Crippen molar-refractivity contribution >= 4 is 34.5 Å².